The number of nitrogens with zero attached hydrogens (tertiary/aromatic N) is 2. The lowest BCUT2D eigenvalue weighted by molar-refractivity contribution is 0.283. The summed E-state index contributed by atoms with van der Waals surface area (Å²) in [7, 11) is 2.11. The minimum absolute atomic E-state index is 0.150. The van der Waals surface area contributed by atoms with Crippen molar-refractivity contribution in [3.63, 3.8) is 0 Å². The van der Waals surface area contributed by atoms with Crippen LogP contribution in [0.4, 0.5) is 0 Å². The molecule has 0 spiro atoms. The van der Waals surface area contributed by atoms with Gasteiger partial charge in [0.25, 0.3) is 0 Å². The zero-order valence-corrected chi connectivity index (χ0v) is 11.9. The molecule has 1 N–H and O–H groups in total. The molecule has 1 aromatic rings. The van der Waals surface area contributed by atoms with Gasteiger partial charge in [-0.05, 0) is 45.6 Å². The number of rotatable bonds is 3. The third-order valence-corrected chi connectivity index (χ3v) is 6.21. The van der Waals surface area contributed by atoms with Gasteiger partial charge in [-0.2, -0.15) is 0 Å². The fourth-order valence-electron chi connectivity index (χ4n) is 3.47. The van der Waals surface area contributed by atoms with Crippen molar-refractivity contribution in [3.8, 4) is 0 Å². The number of fused-ring (bicyclic) bond motifs is 1. The molecule has 2 aliphatic carbocycles. The zero-order valence-electron chi connectivity index (χ0n) is 11.0. The average molecular weight is 263 g/mol. The Morgan fingerprint density at radius 2 is 2.28 bits per heavy atom. The minimum atomic E-state index is 0.150. The Morgan fingerprint density at radius 3 is 3.00 bits per heavy atom. The molecular formula is C14H21N3S. The Hall–Kier alpha value is -0.450. The van der Waals surface area contributed by atoms with E-state index >= 15 is 0 Å². The van der Waals surface area contributed by atoms with Gasteiger partial charge in [0.1, 0.15) is 5.01 Å². The van der Waals surface area contributed by atoms with Crippen molar-refractivity contribution >= 4 is 11.3 Å². The Morgan fingerprint density at radius 1 is 1.39 bits per heavy atom. The van der Waals surface area contributed by atoms with E-state index in [1.807, 2.05) is 11.3 Å². The summed E-state index contributed by atoms with van der Waals surface area (Å²) in [5.41, 5.74) is 1.55. The van der Waals surface area contributed by atoms with Gasteiger partial charge in [-0.3, -0.25) is 4.90 Å². The summed E-state index contributed by atoms with van der Waals surface area (Å²) in [6.45, 7) is 2.41. The van der Waals surface area contributed by atoms with E-state index in [0.717, 1.165) is 6.04 Å². The summed E-state index contributed by atoms with van der Waals surface area (Å²) in [4.78, 5) is 9.19. The predicted octanol–water partition coefficient (Wildman–Crippen LogP) is 1.91. The molecule has 2 heterocycles. The SMILES string of the molecule is CNC1(c2nc3c(s2)CCC3)CCN(C2CC2)C1. The van der Waals surface area contributed by atoms with Crippen molar-refractivity contribution in [2.45, 2.75) is 50.1 Å². The van der Waals surface area contributed by atoms with Crippen LogP contribution in [-0.4, -0.2) is 36.1 Å². The number of hydrogen-bond donors (Lipinski definition) is 1. The standard InChI is InChI=1S/C14H21N3S/c1-15-14(7-8-17(9-14)10-5-6-10)13-16-11-3-2-4-12(11)18-13/h10,15H,2-9H2,1H3. The van der Waals surface area contributed by atoms with Crippen molar-refractivity contribution in [2.24, 2.45) is 0 Å². The van der Waals surface area contributed by atoms with Crippen LogP contribution in [0.5, 0.6) is 0 Å². The van der Waals surface area contributed by atoms with E-state index in [9.17, 15) is 0 Å². The first kappa shape index (κ1) is 11.4. The molecule has 1 unspecified atom stereocenters. The van der Waals surface area contributed by atoms with Crippen LogP contribution in [0, 0.1) is 0 Å². The second-order valence-electron chi connectivity index (χ2n) is 6.03. The van der Waals surface area contributed by atoms with Gasteiger partial charge in [-0.15, -0.1) is 11.3 Å². The molecule has 0 bridgehead atoms. The fraction of sp³-hybridized carbons (Fsp3) is 0.786. The van der Waals surface area contributed by atoms with Crippen molar-refractivity contribution in [1.82, 2.24) is 15.2 Å². The monoisotopic (exact) mass is 263 g/mol. The van der Waals surface area contributed by atoms with E-state index in [0.29, 0.717) is 0 Å². The van der Waals surface area contributed by atoms with E-state index in [1.165, 1.54) is 62.3 Å². The Balaban J connectivity index is 1.63. The minimum Gasteiger partial charge on any atom is -0.307 e. The molecule has 3 aliphatic rings. The quantitative estimate of drug-likeness (QED) is 0.903. The number of likely N-dealkylation sites (N-methyl/N-ethyl adjacent to an activating group) is 1. The third kappa shape index (κ3) is 1.66. The maximum absolute atomic E-state index is 4.96. The molecule has 0 aromatic carbocycles. The topological polar surface area (TPSA) is 28.2 Å². The highest BCUT2D eigenvalue weighted by molar-refractivity contribution is 7.12. The molecule has 1 atom stereocenters. The van der Waals surface area contributed by atoms with Gasteiger partial charge in [0.15, 0.2) is 0 Å². The zero-order chi connectivity index (χ0) is 12.2. The van der Waals surface area contributed by atoms with Crippen LogP contribution in [0.3, 0.4) is 0 Å². The molecule has 2 fully saturated rings. The molecule has 3 nitrogen and oxygen atoms in total. The highest BCUT2D eigenvalue weighted by Gasteiger charge is 2.45. The highest BCUT2D eigenvalue weighted by Crippen LogP contribution is 2.41. The lowest BCUT2D eigenvalue weighted by Gasteiger charge is -2.27. The van der Waals surface area contributed by atoms with E-state index < -0.39 is 0 Å². The van der Waals surface area contributed by atoms with Gasteiger partial charge in [0, 0.05) is 24.0 Å². The third-order valence-electron chi connectivity index (χ3n) is 4.85. The van der Waals surface area contributed by atoms with Gasteiger partial charge in [0.2, 0.25) is 0 Å². The van der Waals surface area contributed by atoms with Crippen LogP contribution in [0.1, 0.15) is 41.3 Å². The number of aryl methyl sites for hydroxylation is 2. The summed E-state index contributed by atoms with van der Waals surface area (Å²) >= 11 is 1.98. The molecule has 1 saturated heterocycles. The van der Waals surface area contributed by atoms with Crippen LogP contribution < -0.4 is 5.32 Å². The lowest BCUT2D eigenvalue weighted by Crippen LogP contribution is -2.43. The maximum Gasteiger partial charge on any atom is 0.115 e. The second kappa shape index (κ2) is 4.02. The van der Waals surface area contributed by atoms with Crippen LogP contribution in [0.15, 0.2) is 0 Å². The van der Waals surface area contributed by atoms with E-state index in [2.05, 4.69) is 17.3 Å². The van der Waals surface area contributed by atoms with Gasteiger partial charge in [-0.25, -0.2) is 4.98 Å². The summed E-state index contributed by atoms with van der Waals surface area (Å²) in [6.07, 6.45) is 7.83. The number of nitrogens with one attached hydrogen (secondary N) is 1. The second-order valence-corrected chi connectivity index (χ2v) is 7.11. The summed E-state index contributed by atoms with van der Waals surface area (Å²) in [5, 5.41) is 4.96. The van der Waals surface area contributed by atoms with Crippen molar-refractivity contribution < 1.29 is 0 Å². The molecule has 0 amide bonds. The lowest BCUT2D eigenvalue weighted by atomic mass is 10.00. The summed E-state index contributed by atoms with van der Waals surface area (Å²) < 4.78 is 0. The normalized spacial score (nSPS) is 32.1. The molecule has 0 radical (unpaired) electrons. The fourth-order valence-corrected chi connectivity index (χ4v) is 4.84. The molecule has 4 rings (SSSR count). The Bertz CT molecular complexity index is 444. The summed E-state index contributed by atoms with van der Waals surface area (Å²) in [5.74, 6) is 0. The average Bonchev–Trinajstić information content (AvgIpc) is 2.83. The van der Waals surface area contributed by atoms with Crippen LogP contribution in [0.2, 0.25) is 0 Å². The molecule has 1 aliphatic heterocycles. The molecule has 4 heteroatoms. The van der Waals surface area contributed by atoms with Crippen molar-refractivity contribution in [2.75, 3.05) is 20.1 Å². The highest BCUT2D eigenvalue weighted by atomic mass is 32.1. The Labute approximate surface area is 113 Å². The number of thiazole rings is 1. The maximum atomic E-state index is 4.96. The van der Waals surface area contributed by atoms with Gasteiger partial charge in [-0.1, -0.05) is 0 Å². The molecule has 1 saturated carbocycles. The molecular weight excluding hydrogens is 242 g/mol. The summed E-state index contributed by atoms with van der Waals surface area (Å²) in [6, 6.07) is 0.882. The first-order valence-corrected chi connectivity index (χ1v) is 8.04. The van der Waals surface area contributed by atoms with E-state index in [4.69, 9.17) is 4.98 Å². The smallest absolute Gasteiger partial charge is 0.115 e. The van der Waals surface area contributed by atoms with Gasteiger partial charge < -0.3 is 5.32 Å². The Kier molecular flexibility index (Phi) is 2.54. The van der Waals surface area contributed by atoms with Gasteiger partial charge in [0.05, 0.1) is 11.2 Å². The predicted molar refractivity (Wildman–Crippen MR) is 74.1 cm³/mol. The molecule has 18 heavy (non-hydrogen) atoms. The largest absolute Gasteiger partial charge is 0.307 e. The van der Waals surface area contributed by atoms with Crippen LogP contribution >= 0.6 is 11.3 Å². The van der Waals surface area contributed by atoms with Crippen LogP contribution in [-0.2, 0) is 18.4 Å². The first-order valence-electron chi connectivity index (χ1n) is 7.23. The van der Waals surface area contributed by atoms with Crippen molar-refractivity contribution in [1.29, 1.82) is 0 Å². The van der Waals surface area contributed by atoms with Crippen molar-refractivity contribution in [3.05, 3.63) is 15.6 Å². The van der Waals surface area contributed by atoms with Crippen LogP contribution in [0.25, 0.3) is 0 Å². The number of aromatic nitrogens is 1. The van der Waals surface area contributed by atoms with Gasteiger partial charge >= 0.3 is 0 Å². The van der Waals surface area contributed by atoms with E-state index in [1.54, 1.807) is 4.88 Å². The first-order chi connectivity index (χ1) is 8.81. The van der Waals surface area contributed by atoms with E-state index in [-0.39, 0.29) is 5.54 Å². The number of hydrogen-bond acceptors (Lipinski definition) is 4. The molecule has 98 valence electrons. The molecule has 1 aromatic heterocycles. The number of likely N-dealkylation sites (tertiary alicyclic amines) is 1.